The predicted octanol–water partition coefficient (Wildman–Crippen LogP) is 3.08. The second-order valence-electron chi connectivity index (χ2n) is 5.18. The molecule has 0 unspecified atom stereocenters. The number of benzene rings is 1. The summed E-state index contributed by atoms with van der Waals surface area (Å²) in [5.74, 6) is 1.76. The van der Waals surface area contributed by atoms with Crippen LogP contribution in [0.25, 0.3) is 11.5 Å². The normalized spacial score (nSPS) is 14.4. The molecular weight excluding hydrogens is 290 g/mol. The second kappa shape index (κ2) is 6.45. The van der Waals surface area contributed by atoms with E-state index in [1.165, 1.54) is 12.8 Å². The molecule has 1 saturated carbocycles. The first-order chi connectivity index (χ1) is 10.3. The predicted molar refractivity (Wildman–Crippen MR) is 80.6 cm³/mol. The SMILES string of the molecule is COc1ccc(Cl)cc1-c1nnc(CCCNC2CC2)o1. The lowest BCUT2D eigenvalue weighted by molar-refractivity contribution is 0.413. The fourth-order valence-corrected chi connectivity index (χ4v) is 2.32. The molecule has 3 rings (SSSR count). The lowest BCUT2D eigenvalue weighted by Crippen LogP contribution is -2.17. The molecule has 5 nitrogen and oxygen atoms in total. The van der Waals surface area contributed by atoms with E-state index in [0.717, 1.165) is 31.0 Å². The largest absolute Gasteiger partial charge is 0.496 e. The molecular formula is C15H18ClN3O2. The molecule has 0 saturated heterocycles. The highest BCUT2D eigenvalue weighted by molar-refractivity contribution is 6.30. The van der Waals surface area contributed by atoms with Gasteiger partial charge in [0, 0.05) is 17.5 Å². The van der Waals surface area contributed by atoms with Crippen molar-refractivity contribution in [2.75, 3.05) is 13.7 Å². The fourth-order valence-electron chi connectivity index (χ4n) is 2.14. The van der Waals surface area contributed by atoms with Gasteiger partial charge in [-0.25, -0.2) is 0 Å². The van der Waals surface area contributed by atoms with E-state index >= 15 is 0 Å². The number of ether oxygens (including phenoxy) is 1. The van der Waals surface area contributed by atoms with E-state index in [-0.39, 0.29) is 0 Å². The number of nitrogens with zero attached hydrogens (tertiary/aromatic N) is 2. The summed E-state index contributed by atoms with van der Waals surface area (Å²) in [7, 11) is 1.60. The van der Waals surface area contributed by atoms with Gasteiger partial charge in [0.15, 0.2) is 0 Å². The van der Waals surface area contributed by atoms with Gasteiger partial charge in [-0.2, -0.15) is 0 Å². The molecule has 1 heterocycles. The van der Waals surface area contributed by atoms with Gasteiger partial charge in [-0.15, -0.1) is 10.2 Å². The molecule has 0 bridgehead atoms. The molecule has 1 N–H and O–H groups in total. The van der Waals surface area contributed by atoms with Crippen LogP contribution in [0.1, 0.15) is 25.2 Å². The van der Waals surface area contributed by atoms with Crippen LogP contribution in [0.15, 0.2) is 22.6 Å². The van der Waals surface area contributed by atoms with E-state index in [0.29, 0.717) is 22.6 Å². The van der Waals surface area contributed by atoms with Crippen LogP contribution in [-0.4, -0.2) is 29.9 Å². The van der Waals surface area contributed by atoms with Crippen LogP contribution in [0.3, 0.4) is 0 Å². The maximum Gasteiger partial charge on any atom is 0.251 e. The monoisotopic (exact) mass is 307 g/mol. The van der Waals surface area contributed by atoms with Crippen molar-refractivity contribution in [1.82, 2.24) is 15.5 Å². The Kier molecular flexibility index (Phi) is 4.41. The molecule has 1 fully saturated rings. The number of aryl methyl sites for hydroxylation is 1. The molecule has 21 heavy (non-hydrogen) atoms. The number of methoxy groups -OCH3 is 1. The van der Waals surface area contributed by atoms with E-state index in [9.17, 15) is 0 Å². The van der Waals surface area contributed by atoms with E-state index in [4.69, 9.17) is 20.8 Å². The van der Waals surface area contributed by atoms with Gasteiger partial charge in [-0.1, -0.05) is 11.6 Å². The van der Waals surface area contributed by atoms with Crippen LogP contribution in [0.2, 0.25) is 5.02 Å². The fraction of sp³-hybridized carbons (Fsp3) is 0.467. The summed E-state index contributed by atoms with van der Waals surface area (Å²) >= 11 is 6.01. The Labute approximate surface area is 128 Å². The highest BCUT2D eigenvalue weighted by Gasteiger charge is 2.19. The van der Waals surface area contributed by atoms with Crippen LogP contribution in [0.5, 0.6) is 5.75 Å². The van der Waals surface area contributed by atoms with Crippen LogP contribution in [-0.2, 0) is 6.42 Å². The van der Waals surface area contributed by atoms with Crippen molar-refractivity contribution in [3.05, 3.63) is 29.1 Å². The summed E-state index contributed by atoms with van der Waals surface area (Å²) in [4.78, 5) is 0. The van der Waals surface area contributed by atoms with Crippen LogP contribution < -0.4 is 10.1 Å². The molecule has 0 aliphatic heterocycles. The minimum absolute atomic E-state index is 0.444. The summed E-state index contributed by atoms with van der Waals surface area (Å²) in [5, 5.41) is 12.2. The van der Waals surface area contributed by atoms with E-state index < -0.39 is 0 Å². The molecule has 1 aromatic heterocycles. The number of hydrogen-bond acceptors (Lipinski definition) is 5. The summed E-state index contributed by atoms with van der Waals surface area (Å²) in [6.45, 7) is 0.989. The maximum atomic E-state index is 6.01. The van der Waals surface area contributed by atoms with Gasteiger partial charge in [0.05, 0.1) is 12.7 Å². The van der Waals surface area contributed by atoms with Crippen molar-refractivity contribution in [1.29, 1.82) is 0 Å². The van der Waals surface area contributed by atoms with Crippen LogP contribution in [0, 0.1) is 0 Å². The van der Waals surface area contributed by atoms with Gasteiger partial charge in [0.2, 0.25) is 5.89 Å². The van der Waals surface area contributed by atoms with E-state index in [1.54, 1.807) is 25.3 Å². The number of halogens is 1. The smallest absolute Gasteiger partial charge is 0.251 e. The third-order valence-electron chi connectivity index (χ3n) is 3.44. The Bertz CT molecular complexity index is 611. The van der Waals surface area contributed by atoms with Crippen LogP contribution >= 0.6 is 11.6 Å². The standard InChI is InChI=1S/C15H18ClN3O2/c1-20-13-7-4-10(16)9-12(13)15-19-18-14(21-15)3-2-8-17-11-5-6-11/h4,7,9,11,17H,2-3,5-6,8H2,1H3. The average molecular weight is 308 g/mol. The first-order valence-corrected chi connectivity index (χ1v) is 7.54. The van der Waals surface area contributed by atoms with Gasteiger partial charge >= 0.3 is 0 Å². The van der Waals surface area contributed by atoms with Crippen LogP contribution in [0.4, 0.5) is 0 Å². The molecule has 1 aromatic carbocycles. The Morgan fingerprint density at radius 2 is 2.24 bits per heavy atom. The average Bonchev–Trinajstić information content (AvgIpc) is 3.20. The third kappa shape index (κ3) is 3.74. The Morgan fingerprint density at radius 1 is 1.38 bits per heavy atom. The van der Waals surface area contributed by atoms with Crippen molar-refractivity contribution < 1.29 is 9.15 Å². The number of aromatic nitrogens is 2. The molecule has 0 radical (unpaired) electrons. The zero-order valence-corrected chi connectivity index (χ0v) is 12.7. The highest BCUT2D eigenvalue weighted by atomic mass is 35.5. The van der Waals surface area contributed by atoms with Crippen molar-refractivity contribution in [3.63, 3.8) is 0 Å². The third-order valence-corrected chi connectivity index (χ3v) is 3.67. The zero-order valence-electron chi connectivity index (χ0n) is 11.9. The van der Waals surface area contributed by atoms with E-state index in [2.05, 4.69) is 15.5 Å². The van der Waals surface area contributed by atoms with Crippen molar-refractivity contribution >= 4 is 11.6 Å². The van der Waals surface area contributed by atoms with Gasteiger partial charge in [-0.05, 0) is 44.0 Å². The van der Waals surface area contributed by atoms with Crippen molar-refractivity contribution in [3.8, 4) is 17.2 Å². The first-order valence-electron chi connectivity index (χ1n) is 7.16. The lowest BCUT2D eigenvalue weighted by atomic mass is 10.2. The number of nitrogens with one attached hydrogen (secondary N) is 1. The van der Waals surface area contributed by atoms with Crippen molar-refractivity contribution in [2.24, 2.45) is 0 Å². The lowest BCUT2D eigenvalue weighted by Gasteiger charge is -2.04. The Morgan fingerprint density at radius 3 is 3.00 bits per heavy atom. The second-order valence-corrected chi connectivity index (χ2v) is 5.61. The van der Waals surface area contributed by atoms with Gasteiger partial charge in [0.1, 0.15) is 5.75 Å². The molecule has 6 heteroatoms. The number of hydrogen-bond donors (Lipinski definition) is 1. The van der Waals surface area contributed by atoms with Crippen molar-refractivity contribution in [2.45, 2.75) is 31.7 Å². The van der Waals surface area contributed by atoms with Gasteiger partial charge in [-0.3, -0.25) is 0 Å². The maximum absolute atomic E-state index is 6.01. The number of rotatable bonds is 7. The summed E-state index contributed by atoms with van der Waals surface area (Å²) in [6.07, 6.45) is 4.37. The Hall–Kier alpha value is -1.59. The molecule has 0 spiro atoms. The summed E-state index contributed by atoms with van der Waals surface area (Å²) < 4.78 is 11.0. The molecule has 0 amide bonds. The summed E-state index contributed by atoms with van der Waals surface area (Å²) in [5.41, 5.74) is 0.722. The molecule has 0 atom stereocenters. The van der Waals surface area contributed by atoms with Gasteiger partial charge < -0.3 is 14.5 Å². The molecule has 2 aromatic rings. The minimum atomic E-state index is 0.444. The Balaban J connectivity index is 1.64. The van der Waals surface area contributed by atoms with E-state index in [1.807, 2.05) is 0 Å². The summed E-state index contributed by atoms with van der Waals surface area (Å²) in [6, 6.07) is 6.07. The molecule has 1 aliphatic rings. The first kappa shape index (κ1) is 14.4. The molecule has 1 aliphatic carbocycles. The molecule has 112 valence electrons. The topological polar surface area (TPSA) is 60.2 Å². The quantitative estimate of drug-likeness (QED) is 0.797. The highest BCUT2D eigenvalue weighted by Crippen LogP contribution is 2.31. The van der Waals surface area contributed by atoms with Gasteiger partial charge in [0.25, 0.3) is 5.89 Å². The minimum Gasteiger partial charge on any atom is -0.496 e. The zero-order chi connectivity index (χ0) is 14.7.